The minimum Gasteiger partial charge on any atom is -0.372 e. The maximum atomic E-state index is 14.2. The first-order chi connectivity index (χ1) is 16.3. The molecule has 1 atom stereocenters. The highest BCUT2D eigenvalue weighted by atomic mass is 35.5. The number of oxime groups is 1. The molecule has 35 heavy (non-hydrogen) atoms. The summed E-state index contributed by atoms with van der Waals surface area (Å²) < 4.78 is 82.6. The Kier molecular flexibility index (Phi) is 5.41. The second-order valence-corrected chi connectivity index (χ2v) is 9.38. The number of carbonyl (C=O) groups is 1. The molecule has 5 rings (SSSR count). The third-order valence-corrected chi connectivity index (χ3v) is 6.69. The van der Waals surface area contributed by atoms with Crippen LogP contribution in [0, 0.1) is 5.82 Å². The van der Waals surface area contributed by atoms with Gasteiger partial charge < -0.3 is 14.6 Å². The van der Waals surface area contributed by atoms with E-state index >= 15 is 0 Å². The van der Waals surface area contributed by atoms with Crippen LogP contribution in [0.4, 0.5) is 26.3 Å². The summed E-state index contributed by atoms with van der Waals surface area (Å²) in [4.78, 5) is 23.8. The number of amidine groups is 1. The van der Waals surface area contributed by atoms with Gasteiger partial charge in [0.05, 0.1) is 29.6 Å². The molecule has 1 aromatic heterocycles. The van der Waals surface area contributed by atoms with Gasteiger partial charge in [-0.2, -0.15) is 13.2 Å². The number of benzene rings is 1. The Morgan fingerprint density at radius 2 is 1.69 bits per heavy atom. The molecule has 1 amide bonds. The van der Waals surface area contributed by atoms with Crippen LogP contribution in [0.15, 0.2) is 29.6 Å². The van der Waals surface area contributed by atoms with Crippen LogP contribution in [-0.2, 0) is 23.5 Å². The summed E-state index contributed by atoms with van der Waals surface area (Å²) in [6.45, 7) is -1.15. The van der Waals surface area contributed by atoms with Gasteiger partial charge in [-0.25, -0.2) is 13.2 Å². The fourth-order valence-corrected chi connectivity index (χ4v) is 4.73. The smallest absolute Gasteiger partial charge is 0.372 e. The molecule has 1 saturated heterocycles. The quantitative estimate of drug-likeness (QED) is 0.393. The summed E-state index contributed by atoms with van der Waals surface area (Å²) in [5.41, 5.74) is -2.24. The number of alkyl halides is 5. The number of pyridine rings is 1. The molecule has 0 saturated carbocycles. The lowest BCUT2D eigenvalue weighted by Gasteiger charge is -2.38. The lowest BCUT2D eigenvalue weighted by atomic mass is 9.89. The Morgan fingerprint density at radius 3 is 2.29 bits per heavy atom. The minimum atomic E-state index is -4.95. The van der Waals surface area contributed by atoms with Crippen molar-refractivity contribution in [2.75, 3.05) is 13.1 Å². The predicted octanol–water partition coefficient (Wildman–Crippen LogP) is 5.13. The second-order valence-electron chi connectivity index (χ2n) is 8.57. The Morgan fingerprint density at radius 1 is 1.06 bits per heavy atom. The topological polar surface area (TPSA) is 58.0 Å². The molecule has 6 nitrogen and oxygen atoms in total. The Bertz CT molecular complexity index is 1240. The number of hydrogen-bond donors (Lipinski definition) is 0. The van der Waals surface area contributed by atoms with E-state index in [0.29, 0.717) is 11.1 Å². The molecule has 186 valence electrons. The first-order valence-corrected chi connectivity index (χ1v) is 10.9. The zero-order chi connectivity index (χ0) is 25.3. The van der Waals surface area contributed by atoms with Crippen molar-refractivity contribution >= 4 is 34.9 Å². The average molecular weight is 539 g/mol. The number of rotatable bonds is 2. The van der Waals surface area contributed by atoms with Crippen LogP contribution in [0.25, 0.3) is 0 Å². The molecule has 2 aromatic rings. The van der Waals surface area contributed by atoms with Gasteiger partial charge in [-0.3, -0.25) is 9.78 Å². The molecular weight excluding hydrogens is 525 g/mol. The molecule has 0 N–H and O–H groups in total. The van der Waals surface area contributed by atoms with Crippen molar-refractivity contribution in [3.63, 3.8) is 0 Å². The zero-order valence-electron chi connectivity index (χ0n) is 17.5. The molecule has 4 heterocycles. The highest BCUT2D eigenvalue weighted by molar-refractivity contribution is 6.35. The van der Waals surface area contributed by atoms with Crippen LogP contribution in [0.3, 0.4) is 0 Å². The van der Waals surface area contributed by atoms with Gasteiger partial charge >= 0.3 is 6.18 Å². The summed E-state index contributed by atoms with van der Waals surface area (Å²) in [6.07, 6.45) is -4.30. The highest BCUT2D eigenvalue weighted by Crippen LogP contribution is 2.50. The number of likely N-dealkylation sites (tertiary alicyclic amines) is 1. The van der Waals surface area contributed by atoms with Crippen molar-refractivity contribution < 1.29 is 36.0 Å². The molecule has 0 bridgehead atoms. The van der Waals surface area contributed by atoms with Crippen LogP contribution in [0.1, 0.15) is 33.6 Å². The SMILES string of the molecule is O=C(c1cc2c(cn1)CN(C1=NOC(c3cc(Cl)c(F)c(Cl)c3)(C(F)(F)F)C1)C2)N1CC(F)(F)C1. The summed E-state index contributed by atoms with van der Waals surface area (Å²) in [5, 5.41) is 2.48. The van der Waals surface area contributed by atoms with Gasteiger partial charge in [0.2, 0.25) is 0 Å². The van der Waals surface area contributed by atoms with Crippen LogP contribution in [-0.4, -0.2) is 51.7 Å². The van der Waals surface area contributed by atoms with Crippen LogP contribution in [0.2, 0.25) is 10.0 Å². The molecule has 0 radical (unpaired) electrons. The van der Waals surface area contributed by atoms with E-state index in [-0.39, 0.29) is 24.6 Å². The first kappa shape index (κ1) is 24.0. The van der Waals surface area contributed by atoms with E-state index in [2.05, 4.69) is 10.1 Å². The fourth-order valence-electron chi connectivity index (χ4n) is 4.25. The van der Waals surface area contributed by atoms with Crippen LogP contribution >= 0.6 is 23.2 Å². The number of fused-ring (bicyclic) bond motifs is 1. The van der Waals surface area contributed by atoms with Gasteiger partial charge in [0.25, 0.3) is 17.4 Å². The molecule has 3 aliphatic heterocycles. The minimum absolute atomic E-state index is 0.0362. The first-order valence-electron chi connectivity index (χ1n) is 10.2. The monoisotopic (exact) mass is 538 g/mol. The van der Waals surface area contributed by atoms with E-state index in [9.17, 15) is 31.1 Å². The summed E-state index contributed by atoms with van der Waals surface area (Å²) in [7, 11) is 0. The summed E-state index contributed by atoms with van der Waals surface area (Å²) >= 11 is 11.4. The number of nitrogens with zero attached hydrogens (tertiary/aromatic N) is 4. The van der Waals surface area contributed by atoms with Crippen molar-refractivity contribution in [3.05, 3.63) is 62.6 Å². The number of amides is 1. The molecule has 3 aliphatic rings. The number of carbonyl (C=O) groups excluding carboxylic acids is 1. The highest BCUT2D eigenvalue weighted by Gasteiger charge is 2.63. The van der Waals surface area contributed by atoms with Gasteiger partial charge in [-0.05, 0) is 29.3 Å². The number of halogens is 8. The zero-order valence-corrected chi connectivity index (χ0v) is 19.0. The Balaban J connectivity index is 1.36. The lowest BCUT2D eigenvalue weighted by molar-refractivity contribution is -0.275. The van der Waals surface area contributed by atoms with Crippen molar-refractivity contribution in [2.45, 2.75) is 37.2 Å². The average Bonchev–Trinajstić information content (AvgIpc) is 3.39. The van der Waals surface area contributed by atoms with Crippen LogP contribution < -0.4 is 0 Å². The Hall–Kier alpha value is -2.73. The van der Waals surface area contributed by atoms with Gasteiger partial charge in [0.1, 0.15) is 11.5 Å². The van der Waals surface area contributed by atoms with E-state index in [1.165, 1.54) is 17.2 Å². The molecule has 0 spiro atoms. The lowest BCUT2D eigenvalue weighted by Crippen LogP contribution is -2.58. The predicted molar refractivity (Wildman–Crippen MR) is 112 cm³/mol. The van der Waals surface area contributed by atoms with Gasteiger partial charge in [0, 0.05) is 24.8 Å². The maximum Gasteiger partial charge on any atom is 0.435 e. The molecule has 1 unspecified atom stereocenters. The molecule has 1 fully saturated rings. The fraction of sp³-hybridized carbons (Fsp3) is 0.381. The molecule has 14 heteroatoms. The summed E-state index contributed by atoms with van der Waals surface area (Å²) in [6, 6.07) is 3.03. The molecular formula is C21H14Cl2F6N4O2. The number of hydrogen-bond acceptors (Lipinski definition) is 5. The van der Waals surface area contributed by atoms with E-state index in [4.69, 9.17) is 28.0 Å². The van der Waals surface area contributed by atoms with Gasteiger partial charge in [-0.15, -0.1) is 0 Å². The largest absolute Gasteiger partial charge is 0.435 e. The van der Waals surface area contributed by atoms with Crippen molar-refractivity contribution in [2.24, 2.45) is 5.16 Å². The van der Waals surface area contributed by atoms with E-state index in [1.54, 1.807) is 0 Å². The van der Waals surface area contributed by atoms with Crippen molar-refractivity contribution in [1.29, 1.82) is 0 Å². The van der Waals surface area contributed by atoms with Crippen LogP contribution in [0.5, 0.6) is 0 Å². The van der Waals surface area contributed by atoms with Crippen molar-refractivity contribution in [1.82, 2.24) is 14.8 Å². The normalized spacial score (nSPS) is 23.0. The van der Waals surface area contributed by atoms with Gasteiger partial charge in [0.15, 0.2) is 5.82 Å². The maximum absolute atomic E-state index is 14.2. The number of aromatic nitrogens is 1. The standard InChI is InChI=1S/C21H14Cl2F6N4O2/c22-13-2-12(3-14(23)17(13)24)20(21(27,28)29)4-16(31-35-20)32-6-10-1-15(30-5-11(10)7-32)18(34)33-8-19(25,26)9-33/h1-3,5H,4,6-9H2. The summed E-state index contributed by atoms with van der Waals surface area (Å²) in [5.74, 6) is -4.66. The van der Waals surface area contributed by atoms with E-state index in [0.717, 1.165) is 17.0 Å². The molecule has 0 aliphatic carbocycles. The third-order valence-electron chi connectivity index (χ3n) is 6.14. The van der Waals surface area contributed by atoms with E-state index in [1.807, 2.05) is 0 Å². The van der Waals surface area contributed by atoms with Gasteiger partial charge in [-0.1, -0.05) is 28.4 Å². The van der Waals surface area contributed by atoms with Crippen molar-refractivity contribution in [3.8, 4) is 0 Å². The van der Waals surface area contributed by atoms with E-state index < -0.39 is 64.5 Å². The Labute approximate surface area is 204 Å². The molecule has 1 aromatic carbocycles. The second kappa shape index (κ2) is 7.89. The third kappa shape index (κ3) is 3.96.